The minimum atomic E-state index is -0.507. The number of hydrogen-bond donors (Lipinski definition) is 9. The second-order valence-electron chi connectivity index (χ2n) is 19.2. The lowest BCUT2D eigenvalue weighted by atomic mass is 9.89. The van der Waals surface area contributed by atoms with Gasteiger partial charge in [-0.15, -0.1) is 0 Å². The SMILES string of the molecule is C1COCCN1.CB(O)NCCO.CC.CC(C)(C)C(=O)Nc1ccccn1.CC(C)(C)C(=O)Nc1ccccn1.CC(C)(C)C(=O)Nc1ccccn1.CCBr.CCC.CCC.Cc1ccc(O)cc1.Nc1ccccn1. The van der Waals surface area contributed by atoms with Crippen molar-refractivity contribution < 1.29 is 34.4 Å². The highest BCUT2D eigenvalue weighted by Gasteiger charge is 2.22. The molecule has 19 heteroatoms. The highest BCUT2D eigenvalue weighted by atomic mass is 79.9. The van der Waals surface area contributed by atoms with Gasteiger partial charge < -0.3 is 52.2 Å². The number of alkyl halides is 1. The topological polar surface area (TPSA) is 259 Å². The Bertz CT molecular complexity index is 1890. The molecule has 0 saturated carbocycles. The summed E-state index contributed by atoms with van der Waals surface area (Å²) in [5, 5.41) is 40.4. The molecule has 1 aliphatic heterocycles. The molecule has 1 aliphatic rings. The zero-order valence-corrected chi connectivity index (χ0v) is 52.3. The smallest absolute Gasteiger partial charge is 0.373 e. The molecule has 3 amide bonds. The van der Waals surface area contributed by atoms with Crippen LogP contribution in [-0.4, -0.2) is 105 Å². The van der Waals surface area contributed by atoms with Crippen molar-refractivity contribution in [2.24, 2.45) is 16.2 Å². The van der Waals surface area contributed by atoms with E-state index in [0.29, 0.717) is 35.6 Å². The lowest BCUT2D eigenvalue weighted by molar-refractivity contribution is -0.123. The predicted molar refractivity (Wildman–Crippen MR) is 334 cm³/mol. The molecule has 0 radical (unpaired) electrons. The van der Waals surface area contributed by atoms with Crippen LogP contribution in [0, 0.1) is 23.2 Å². The molecule has 17 nitrogen and oxygen atoms in total. The number of aromatic hydroxyl groups is 1. The molecule has 5 heterocycles. The van der Waals surface area contributed by atoms with Crippen LogP contribution in [0.1, 0.15) is 129 Å². The average molecular weight is 1150 g/mol. The van der Waals surface area contributed by atoms with Gasteiger partial charge >= 0.3 is 7.05 Å². The van der Waals surface area contributed by atoms with E-state index in [4.69, 9.17) is 25.7 Å². The van der Waals surface area contributed by atoms with E-state index in [-0.39, 0.29) is 40.6 Å². The number of nitrogen functional groups attached to an aromatic ring is 1. The maximum atomic E-state index is 11.5. The number of rotatable bonds is 6. The Morgan fingerprint density at radius 3 is 1.08 bits per heavy atom. The standard InChI is InChI=1S/3C10H14N2O.C7H8O.C5H6N2.C4H9NO.C3H10BNO2.2C3H8.C2H5Br.C2H6/c3*1-10(2,3)9(13)12-8-6-4-5-7-11-8;1-6-2-4-7(8)5-3-6;6-5-3-1-2-4-7-5;1-3-6-4-2-5-1;1-4(7)5-2-3-6;2*1-3-2;1-2-3;1-2/h3*4-7H,1-3H3,(H,11,12,13);2-5,8H,1H3;1-4H,(H2,6,7);5H,1-4H2;5-7H,2-3H2,1H3;2*3H2,1-2H3;2H2,1H3;1-2H3. The quantitative estimate of drug-likeness (QED) is 0.0566. The first kappa shape index (κ1) is 81.0. The maximum absolute atomic E-state index is 11.5. The molecule has 5 aromatic rings. The van der Waals surface area contributed by atoms with E-state index < -0.39 is 7.05 Å². The highest BCUT2D eigenvalue weighted by molar-refractivity contribution is 9.09. The number of aryl methyl sites for hydroxylation is 1. The van der Waals surface area contributed by atoms with Crippen molar-refractivity contribution in [3.05, 3.63) is 127 Å². The number of phenolic OH excluding ortho intramolecular Hbond substituents is 1. The minimum Gasteiger partial charge on any atom is -0.508 e. The third-order valence-electron chi connectivity index (χ3n) is 7.88. The fraction of sp³-hybridized carbons (Fsp3) is 0.508. The van der Waals surface area contributed by atoms with Crippen LogP contribution >= 0.6 is 15.9 Å². The molecular formula is C59H102BBrN10O7. The van der Waals surface area contributed by atoms with Crippen molar-refractivity contribution >= 4 is 64.0 Å². The number of nitrogens with one attached hydrogen (secondary N) is 5. The van der Waals surface area contributed by atoms with Gasteiger partial charge in [0, 0.05) is 66.0 Å². The Hall–Kier alpha value is -5.83. The van der Waals surface area contributed by atoms with Gasteiger partial charge in [0.1, 0.15) is 29.0 Å². The fourth-order valence-electron chi connectivity index (χ4n) is 3.93. The number of hydrogen-bond acceptors (Lipinski definition) is 14. The molecule has 1 fully saturated rings. The molecule has 0 unspecified atom stereocenters. The van der Waals surface area contributed by atoms with Crippen LogP contribution in [0.5, 0.6) is 5.75 Å². The van der Waals surface area contributed by atoms with Crippen LogP contribution in [0.4, 0.5) is 23.3 Å². The van der Waals surface area contributed by atoms with Crippen LogP contribution in [0.15, 0.2) is 122 Å². The van der Waals surface area contributed by atoms with Gasteiger partial charge in [0.25, 0.3) is 0 Å². The monoisotopic (exact) mass is 1150 g/mol. The number of ether oxygens (including phenoxy) is 1. The third-order valence-corrected chi connectivity index (χ3v) is 7.88. The van der Waals surface area contributed by atoms with Crippen molar-refractivity contribution in [3.8, 4) is 5.75 Å². The number of morpholine rings is 1. The number of carbonyl (C=O) groups is 3. The number of benzene rings is 1. The number of phenols is 1. The summed E-state index contributed by atoms with van der Waals surface area (Å²) in [6, 6.07) is 28.8. The van der Waals surface area contributed by atoms with Gasteiger partial charge in [0.15, 0.2) is 0 Å². The molecular weight excluding hydrogens is 1050 g/mol. The van der Waals surface area contributed by atoms with Gasteiger partial charge in [0.05, 0.1) is 19.8 Å². The minimum absolute atomic E-state index is 0.0220. The highest BCUT2D eigenvalue weighted by Crippen LogP contribution is 2.17. The number of pyridine rings is 4. The van der Waals surface area contributed by atoms with E-state index in [1.807, 2.05) is 151 Å². The normalized spacial score (nSPS) is 10.6. The Labute approximate surface area is 479 Å². The number of aromatic nitrogens is 4. The lowest BCUT2D eigenvalue weighted by Crippen LogP contribution is -2.32. The summed E-state index contributed by atoms with van der Waals surface area (Å²) in [6.07, 6.45) is 9.12. The van der Waals surface area contributed by atoms with Gasteiger partial charge in [-0.1, -0.05) is 182 Å². The number of anilines is 4. The van der Waals surface area contributed by atoms with Crippen molar-refractivity contribution in [1.82, 2.24) is 30.5 Å². The molecule has 1 saturated heterocycles. The van der Waals surface area contributed by atoms with Crippen LogP contribution in [0.2, 0.25) is 6.82 Å². The molecule has 10 N–H and O–H groups in total. The molecule has 6 rings (SSSR count). The van der Waals surface area contributed by atoms with E-state index in [0.717, 1.165) is 31.6 Å². The Morgan fingerprint density at radius 1 is 0.615 bits per heavy atom. The fourth-order valence-corrected chi connectivity index (χ4v) is 3.93. The number of nitrogens with two attached hydrogens (primary N) is 1. The van der Waals surface area contributed by atoms with Crippen LogP contribution in [0.25, 0.3) is 0 Å². The first-order valence-corrected chi connectivity index (χ1v) is 27.8. The number of nitrogens with zero attached hydrogens (tertiary/aromatic N) is 4. The Kier molecular flexibility index (Phi) is 55.3. The first-order valence-electron chi connectivity index (χ1n) is 26.7. The molecule has 440 valence electrons. The summed E-state index contributed by atoms with van der Waals surface area (Å²) in [4.78, 5) is 50.2. The van der Waals surface area contributed by atoms with Gasteiger partial charge in [-0.2, -0.15) is 0 Å². The molecule has 1 aromatic carbocycles. The van der Waals surface area contributed by atoms with E-state index in [2.05, 4.69) is 90.1 Å². The summed E-state index contributed by atoms with van der Waals surface area (Å²) in [6.45, 7) is 39.3. The summed E-state index contributed by atoms with van der Waals surface area (Å²) < 4.78 is 5.01. The van der Waals surface area contributed by atoms with E-state index in [1.54, 1.807) is 68.0 Å². The van der Waals surface area contributed by atoms with Gasteiger partial charge in [-0.05, 0) is 74.4 Å². The number of amides is 3. The summed E-state index contributed by atoms with van der Waals surface area (Å²) >= 11 is 3.15. The molecule has 78 heavy (non-hydrogen) atoms. The average Bonchev–Trinajstić information content (AvgIpc) is 3.40. The van der Waals surface area contributed by atoms with Crippen molar-refractivity contribution in [2.45, 2.75) is 137 Å². The summed E-state index contributed by atoms with van der Waals surface area (Å²) in [5.41, 5.74) is 5.28. The second kappa shape index (κ2) is 53.2. The third kappa shape index (κ3) is 57.9. The molecule has 0 bridgehead atoms. The van der Waals surface area contributed by atoms with Crippen molar-refractivity contribution in [1.29, 1.82) is 0 Å². The Balaban J connectivity index is -0.000000261. The Morgan fingerprint density at radius 2 is 0.923 bits per heavy atom. The van der Waals surface area contributed by atoms with Gasteiger partial charge in [-0.25, -0.2) is 19.9 Å². The number of carbonyl (C=O) groups excluding carboxylic acids is 3. The van der Waals surface area contributed by atoms with Crippen LogP contribution < -0.4 is 32.2 Å². The van der Waals surface area contributed by atoms with E-state index in [9.17, 15) is 14.4 Å². The maximum Gasteiger partial charge on any atom is 0.373 e. The van der Waals surface area contributed by atoms with Crippen LogP contribution in [-0.2, 0) is 19.1 Å². The number of halogens is 1. The zero-order valence-electron chi connectivity index (χ0n) is 50.7. The van der Waals surface area contributed by atoms with Crippen LogP contribution in [0.3, 0.4) is 0 Å². The van der Waals surface area contributed by atoms with Gasteiger partial charge in [-0.3, -0.25) is 14.4 Å². The zero-order chi connectivity index (χ0) is 60.9. The van der Waals surface area contributed by atoms with Gasteiger partial charge in [0.2, 0.25) is 17.7 Å². The second-order valence-corrected chi connectivity index (χ2v) is 20.4. The lowest BCUT2D eigenvalue weighted by Gasteiger charge is -2.16. The van der Waals surface area contributed by atoms with E-state index >= 15 is 0 Å². The van der Waals surface area contributed by atoms with Crippen molar-refractivity contribution in [2.75, 3.05) is 66.5 Å². The first-order chi connectivity index (χ1) is 36.7. The summed E-state index contributed by atoms with van der Waals surface area (Å²) in [5.74, 6) is 2.63. The number of aliphatic hydroxyl groups excluding tert-OH is 1. The van der Waals surface area contributed by atoms with E-state index in [1.165, 1.54) is 18.4 Å². The molecule has 4 aromatic heterocycles. The molecule has 0 spiro atoms. The van der Waals surface area contributed by atoms with Crippen molar-refractivity contribution in [3.63, 3.8) is 0 Å². The molecule has 0 atom stereocenters. The largest absolute Gasteiger partial charge is 0.508 e. The number of aliphatic hydroxyl groups is 1. The predicted octanol–water partition coefficient (Wildman–Crippen LogP) is 12.1. The molecule has 0 aliphatic carbocycles. The summed E-state index contributed by atoms with van der Waals surface area (Å²) in [7, 11) is -0.507.